The quantitative estimate of drug-likeness (QED) is 0.572. The first-order chi connectivity index (χ1) is 8.64. The molecule has 0 heterocycles. The van der Waals surface area contributed by atoms with Crippen molar-refractivity contribution in [2.24, 2.45) is 0 Å². The van der Waals surface area contributed by atoms with E-state index in [9.17, 15) is 8.76 Å². The fourth-order valence-electron chi connectivity index (χ4n) is 1.89. The topological polar surface area (TPSA) is 37.3 Å². The molecule has 1 unspecified atom stereocenters. The van der Waals surface area contributed by atoms with Gasteiger partial charge in [-0.3, -0.25) is 0 Å². The van der Waals surface area contributed by atoms with Crippen LogP contribution in [0.15, 0.2) is 30.3 Å². The van der Waals surface area contributed by atoms with Crippen molar-refractivity contribution in [3.05, 3.63) is 35.9 Å². The Kier molecular flexibility index (Phi) is 7.06. The zero-order chi connectivity index (χ0) is 13.3. The maximum Gasteiger partial charge on any atom is 0.0821 e. The van der Waals surface area contributed by atoms with Gasteiger partial charge in [0.1, 0.15) is 0 Å². The van der Waals surface area contributed by atoms with E-state index in [1.54, 1.807) is 0 Å². The predicted octanol–water partition coefficient (Wildman–Crippen LogP) is 3.95. The summed E-state index contributed by atoms with van der Waals surface area (Å²) in [6.45, 7) is 2.19. The van der Waals surface area contributed by atoms with Crippen molar-refractivity contribution >= 4 is 15.2 Å². The monoisotopic (exact) mass is 268 g/mol. The zero-order valence-electron chi connectivity index (χ0n) is 11.2. The highest BCUT2D eigenvalue weighted by atomic mass is 32.2. The third-order valence-corrected chi connectivity index (χ3v) is 4.42. The van der Waals surface area contributed by atoms with Gasteiger partial charge < -0.3 is 4.55 Å². The lowest BCUT2D eigenvalue weighted by molar-refractivity contribution is 0.551. The van der Waals surface area contributed by atoms with Gasteiger partial charge in [-0.05, 0) is 12.0 Å². The van der Waals surface area contributed by atoms with Crippen molar-refractivity contribution in [1.82, 2.24) is 0 Å². The molecule has 0 bridgehead atoms. The third kappa shape index (κ3) is 6.82. The lowest BCUT2D eigenvalue weighted by Gasteiger charge is -2.04. The van der Waals surface area contributed by atoms with E-state index in [1.807, 2.05) is 30.3 Å². The summed E-state index contributed by atoms with van der Waals surface area (Å²) in [6, 6.07) is 9.39. The van der Waals surface area contributed by atoms with Gasteiger partial charge in [-0.2, -0.15) is 0 Å². The Hall–Kier alpha value is -0.800. The summed E-state index contributed by atoms with van der Waals surface area (Å²) in [6.07, 6.45) is 6.81. The highest BCUT2D eigenvalue weighted by Crippen LogP contribution is 2.07. The SMILES string of the molecule is CCCCCCCCS(=O)(O)=Cc1ccccc1. The first kappa shape index (κ1) is 15.3. The van der Waals surface area contributed by atoms with E-state index >= 15 is 0 Å². The van der Waals surface area contributed by atoms with Crippen LogP contribution in [0.25, 0.3) is 0 Å². The average Bonchev–Trinajstić information content (AvgIpc) is 2.34. The molecular formula is C15H24O2S. The molecule has 0 aliphatic heterocycles. The first-order valence-corrected chi connectivity index (χ1v) is 8.53. The first-order valence-electron chi connectivity index (χ1n) is 6.78. The summed E-state index contributed by atoms with van der Waals surface area (Å²) < 4.78 is 21.8. The van der Waals surface area contributed by atoms with E-state index in [0.29, 0.717) is 5.75 Å². The summed E-state index contributed by atoms with van der Waals surface area (Å²) >= 11 is 0. The molecule has 1 N–H and O–H groups in total. The second-order valence-electron chi connectivity index (χ2n) is 4.69. The van der Waals surface area contributed by atoms with Crippen molar-refractivity contribution in [2.75, 3.05) is 5.75 Å². The Bertz CT molecular complexity index is 431. The zero-order valence-corrected chi connectivity index (χ0v) is 12.0. The van der Waals surface area contributed by atoms with E-state index in [2.05, 4.69) is 6.92 Å². The van der Waals surface area contributed by atoms with Crippen LogP contribution in [0.5, 0.6) is 0 Å². The van der Waals surface area contributed by atoms with Crippen LogP contribution in [-0.2, 0) is 9.80 Å². The van der Waals surface area contributed by atoms with E-state index in [0.717, 1.165) is 18.4 Å². The highest BCUT2D eigenvalue weighted by Gasteiger charge is 2.02. The number of unbranched alkanes of at least 4 members (excludes halogenated alkanes) is 5. The second-order valence-corrected chi connectivity index (χ2v) is 6.71. The van der Waals surface area contributed by atoms with Gasteiger partial charge in [0.05, 0.1) is 9.80 Å². The number of hydrogen-bond acceptors (Lipinski definition) is 1. The van der Waals surface area contributed by atoms with Gasteiger partial charge >= 0.3 is 0 Å². The van der Waals surface area contributed by atoms with Gasteiger partial charge in [-0.25, -0.2) is 4.21 Å². The van der Waals surface area contributed by atoms with Crippen LogP contribution in [0.1, 0.15) is 51.0 Å². The van der Waals surface area contributed by atoms with Crippen LogP contribution in [-0.4, -0.2) is 19.9 Å². The smallest absolute Gasteiger partial charge is 0.0821 e. The highest BCUT2D eigenvalue weighted by molar-refractivity contribution is 7.96. The Morgan fingerprint density at radius 1 is 1.06 bits per heavy atom. The molecule has 0 aromatic heterocycles. The van der Waals surface area contributed by atoms with Crippen molar-refractivity contribution in [3.8, 4) is 0 Å². The molecule has 2 nitrogen and oxygen atoms in total. The summed E-state index contributed by atoms with van der Waals surface area (Å²) in [7, 11) is -2.80. The predicted molar refractivity (Wildman–Crippen MR) is 80.6 cm³/mol. The molecule has 1 aromatic rings. The summed E-state index contributed by atoms with van der Waals surface area (Å²) in [5.41, 5.74) is 0.830. The minimum Gasteiger partial charge on any atom is -0.313 e. The Morgan fingerprint density at radius 3 is 2.33 bits per heavy atom. The second kappa shape index (κ2) is 8.33. The van der Waals surface area contributed by atoms with Crippen LogP contribution in [0.4, 0.5) is 0 Å². The van der Waals surface area contributed by atoms with Crippen molar-refractivity contribution in [1.29, 1.82) is 0 Å². The molecular weight excluding hydrogens is 244 g/mol. The van der Waals surface area contributed by atoms with E-state index in [1.165, 1.54) is 31.1 Å². The van der Waals surface area contributed by atoms with Crippen LogP contribution in [0, 0.1) is 0 Å². The van der Waals surface area contributed by atoms with E-state index < -0.39 is 9.80 Å². The molecule has 102 valence electrons. The maximum atomic E-state index is 11.9. The lowest BCUT2D eigenvalue weighted by atomic mass is 10.1. The molecule has 1 atom stereocenters. The molecule has 0 spiro atoms. The van der Waals surface area contributed by atoms with Crippen LogP contribution in [0.2, 0.25) is 0 Å². The minimum atomic E-state index is -2.80. The molecule has 1 aromatic carbocycles. The summed E-state index contributed by atoms with van der Waals surface area (Å²) in [4.78, 5) is 0. The molecule has 0 aliphatic carbocycles. The normalized spacial score (nSPS) is 14.1. The fourth-order valence-corrected chi connectivity index (χ4v) is 3.21. The standard InChI is InChI=1S/C15H24O2S/c1-2-3-4-5-6-10-13-18(16,17)14-15-11-8-7-9-12-15/h7-9,11-12,14H,2-6,10,13H2,1H3,(H,16,17). The fraction of sp³-hybridized carbons (Fsp3) is 0.533. The molecule has 18 heavy (non-hydrogen) atoms. The number of benzene rings is 1. The maximum absolute atomic E-state index is 11.9. The van der Waals surface area contributed by atoms with Gasteiger partial charge in [0.25, 0.3) is 0 Å². The Morgan fingerprint density at radius 2 is 1.67 bits per heavy atom. The minimum absolute atomic E-state index is 0.383. The van der Waals surface area contributed by atoms with Crippen LogP contribution < -0.4 is 0 Å². The van der Waals surface area contributed by atoms with Crippen molar-refractivity contribution in [2.45, 2.75) is 45.4 Å². The molecule has 1 rings (SSSR count). The Labute approximate surface area is 111 Å². The molecule has 0 radical (unpaired) electrons. The van der Waals surface area contributed by atoms with Gasteiger partial charge in [-0.1, -0.05) is 69.4 Å². The van der Waals surface area contributed by atoms with E-state index in [4.69, 9.17) is 0 Å². The van der Waals surface area contributed by atoms with E-state index in [-0.39, 0.29) is 0 Å². The van der Waals surface area contributed by atoms with Crippen molar-refractivity contribution in [3.63, 3.8) is 0 Å². The molecule has 0 aliphatic rings. The molecule has 0 amide bonds. The largest absolute Gasteiger partial charge is 0.313 e. The molecule has 0 saturated heterocycles. The number of hydrogen-bond donors (Lipinski definition) is 1. The lowest BCUT2D eigenvalue weighted by Crippen LogP contribution is -2.08. The van der Waals surface area contributed by atoms with Gasteiger partial charge in [-0.15, -0.1) is 0 Å². The summed E-state index contributed by atoms with van der Waals surface area (Å²) in [5.74, 6) is 0.383. The van der Waals surface area contributed by atoms with Crippen molar-refractivity contribution < 1.29 is 8.76 Å². The Balaban J connectivity index is 2.36. The molecule has 0 saturated carbocycles. The average molecular weight is 268 g/mol. The van der Waals surface area contributed by atoms with Gasteiger partial charge in [0.15, 0.2) is 0 Å². The number of rotatable bonds is 8. The van der Waals surface area contributed by atoms with Gasteiger partial charge in [0.2, 0.25) is 0 Å². The van der Waals surface area contributed by atoms with Crippen LogP contribution in [0.3, 0.4) is 0 Å². The third-order valence-electron chi connectivity index (χ3n) is 2.91. The molecule has 3 heteroatoms. The molecule has 0 fully saturated rings. The summed E-state index contributed by atoms with van der Waals surface area (Å²) in [5, 5.41) is 1.50. The van der Waals surface area contributed by atoms with Gasteiger partial charge in [0, 0.05) is 11.1 Å². The van der Waals surface area contributed by atoms with Crippen LogP contribution >= 0.6 is 0 Å².